The summed E-state index contributed by atoms with van der Waals surface area (Å²) >= 11 is 0. The highest BCUT2D eigenvalue weighted by atomic mass is 16.5. The van der Waals surface area contributed by atoms with Gasteiger partial charge in [0.15, 0.2) is 5.78 Å². The van der Waals surface area contributed by atoms with Crippen LogP contribution in [0.2, 0.25) is 0 Å². The van der Waals surface area contributed by atoms with Gasteiger partial charge in [-0.1, -0.05) is 12.1 Å². The molecular formula is C24H35N3O5. The number of β-amino-alcohol motifs (C(OH)–C–C–N with tert-alkyl or cyclic N) is 1. The number of piperazine rings is 1. The van der Waals surface area contributed by atoms with Crippen LogP contribution in [0, 0.1) is 0 Å². The van der Waals surface area contributed by atoms with E-state index in [0.717, 1.165) is 50.6 Å². The molecule has 176 valence electrons. The van der Waals surface area contributed by atoms with Crippen molar-refractivity contribution in [1.82, 2.24) is 9.80 Å². The molecule has 8 heteroatoms. The average Bonchev–Trinajstić information content (AvgIpc) is 2.80. The Morgan fingerprint density at radius 1 is 1.06 bits per heavy atom. The lowest BCUT2D eigenvalue weighted by atomic mass is 9.83. The summed E-state index contributed by atoms with van der Waals surface area (Å²) in [6, 6.07) is 7.67. The maximum atomic E-state index is 12.6. The molecule has 32 heavy (non-hydrogen) atoms. The molecule has 1 saturated heterocycles. The van der Waals surface area contributed by atoms with Crippen molar-refractivity contribution in [1.29, 1.82) is 0 Å². The molecule has 0 aromatic heterocycles. The molecule has 8 nitrogen and oxygen atoms in total. The number of hydrogen-bond donors (Lipinski definition) is 2. The van der Waals surface area contributed by atoms with Crippen LogP contribution in [0.5, 0.6) is 5.75 Å². The van der Waals surface area contributed by atoms with Gasteiger partial charge >= 0.3 is 0 Å². The summed E-state index contributed by atoms with van der Waals surface area (Å²) in [6.45, 7) is 7.20. The fraction of sp³-hybridized carbons (Fsp3) is 0.583. The maximum Gasteiger partial charge on any atom is 0.168 e. The van der Waals surface area contributed by atoms with Crippen molar-refractivity contribution in [3.63, 3.8) is 0 Å². The van der Waals surface area contributed by atoms with E-state index in [9.17, 15) is 9.90 Å². The van der Waals surface area contributed by atoms with Crippen molar-refractivity contribution in [2.24, 2.45) is 4.99 Å². The second kappa shape index (κ2) is 12.7. The molecule has 3 rings (SSSR count). The summed E-state index contributed by atoms with van der Waals surface area (Å²) in [7, 11) is 1.63. The Bertz CT molecular complexity index is 785. The first-order chi connectivity index (χ1) is 15.6. The quantitative estimate of drug-likeness (QED) is 0.395. The highest BCUT2D eigenvalue weighted by Crippen LogP contribution is 2.33. The van der Waals surface area contributed by atoms with E-state index in [4.69, 9.17) is 14.6 Å². The monoisotopic (exact) mass is 445 g/mol. The minimum atomic E-state index is -0.0689. The lowest BCUT2D eigenvalue weighted by Gasteiger charge is -2.33. The molecule has 0 bridgehead atoms. The van der Waals surface area contributed by atoms with Crippen LogP contribution in [0.4, 0.5) is 0 Å². The minimum Gasteiger partial charge on any atom is -0.511 e. The fourth-order valence-electron chi connectivity index (χ4n) is 4.10. The molecule has 0 spiro atoms. The van der Waals surface area contributed by atoms with Crippen LogP contribution in [0.1, 0.15) is 24.3 Å². The van der Waals surface area contributed by atoms with Crippen LogP contribution in [0.3, 0.4) is 0 Å². The van der Waals surface area contributed by atoms with E-state index in [1.54, 1.807) is 13.3 Å². The topological polar surface area (TPSA) is 94.8 Å². The third-order valence-electron chi connectivity index (χ3n) is 6.04. The second-order valence-electron chi connectivity index (χ2n) is 8.24. The molecule has 0 radical (unpaired) electrons. The Balaban J connectivity index is 1.47. The number of ketones is 1. The summed E-state index contributed by atoms with van der Waals surface area (Å²) in [5.74, 6) is 0.770. The smallest absolute Gasteiger partial charge is 0.168 e. The lowest BCUT2D eigenvalue weighted by Crippen LogP contribution is -2.47. The highest BCUT2D eigenvalue weighted by Gasteiger charge is 2.27. The molecular weight excluding hydrogens is 410 g/mol. The molecule has 1 aromatic carbocycles. The van der Waals surface area contributed by atoms with Crippen LogP contribution in [0.15, 0.2) is 40.6 Å². The predicted molar refractivity (Wildman–Crippen MR) is 124 cm³/mol. The molecule has 0 amide bonds. The molecule has 2 aliphatic rings. The van der Waals surface area contributed by atoms with Crippen LogP contribution in [0.25, 0.3) is 0 Å². The largest absolute Gasteiger partial charge is 0.511 e. The van der Waals surface area contributed by atoms with Gasteiger partial charge in [-0.25, -0.2) is 0 Å². The minimum absolute atomic E-state index is 0.0390. The van der Waals surface area contributed by atoms with E-state index in [2.05, 4.69) is 14.8 Å². The van der Waals surface area contributed by atoms with Crippen molar-refractivity contribution < 1.29 is 24.5 Å². The van der Waals surface area contributed by atoms with Gasteiger partial charge < -0.3 is 19.7 Å². The Morgan fingerprint density at radius 3 is 2.38 bits per heavy atom. The maximum absolute atomic E-state index is 12.6. The number of aliphatic hydroxyl groups is 2. The van der Waals surface area contributed by atoms with E-state index in [1.165, 1.54) is 0 Å². The van der Waals surface area contributed by atoms with Gasteiger partial charge in [0.05, 0.1) is 25.3 Å². The molecule has 1 fully saturated rings. The molecule has 1 atom stereocenters. The van der Waals surface area contributed by atoms with Gasteiger partial charge in [0, 0.05) is 65.4 Å². The summed E-state index contributed by atoms with van der Waals surface area (Å²) in [5.41, 5.74) is 1.36. The molecule has 1 heterocycles. The Labute approximate surface area is 190 Å². The zero-order valence-electron chi connectivity index (χ0n) is 18.9. The number of benzene rings is 1. The first kappa shape index (κ1) is 24.4. The summed E-state index contributed by atoms with van der Waals surface area (Å²) < 4.78 is 10.6. The van der Waals surface area contributed by atoms with E-state index in [0.29, 0.717) is 38.2 Å². The Morgan fingerprint density at radius 2 is 1.75 bits per heavy atom. The highest BCUT2D eigenvalue weighted by molar-refractivity contribution is 6.14. The number of allylic oxidation sites excluding steroid dienone is 2. The number of carbonyl (C=O) groups excluding carboxylic acids is 1. The number of methoxy groups -OCH3 is 1. The standard InChI is InChI=1S/C24H35N3O5/c1-31-14-15-32-21-4-2-19(3-5-21)20-16-23(29)22(24(30)17-20)18-25-6-7-26-8-10-27(11-9-26)12-13-28/h2-5,18,20,28-29H,6-17H2,1H3. The predicted octanol–water partition coefficient (Wildman–Crippen LogP) is 1.65. The van der Waals surface area contributed by atoms with Gasteiger partial charge in [-0.15, -0.1) is 0 Å². The van der Waals surface area contributed by atoms with E-state index < -0.39 is 0 Å². The fourth-order valence-corrected chi connectivity index (χ4v) is 4.10. The van der Waals surface area contributed by atoms with Gasteiger partial charge in [-0.05, 0) is 23.6 Å². The number of Topliss-reactive ketones (excluding diaryl/α,β-unsaturated/α-hetero) is 1. The number of aliphatic hydroxyl groups excluding tert-OH is 2. The zero-order chi connectivity index (χ0) is 22.8. The van der Waals surface area contributed by atoms with Crippen molar-refractivity contribution in [3.8, 4) is 5.75 Å². The molecule has 2 N–H and O–H groups in total. The van der Waals surface area contributed by atoms with E-state index in [-0.39, 0.29) is 24.1 Å². The Hall–Kier alpha value is -2.26. The van der Waals surface area contributed by atoms with Gasteiger partial charge in [0.1, 0.15) is 18.1 Å². The van der Waals surface area contributed by atoms with Crippen LogP contribution in [-0.2, 0) is 9.53 Å². The van der Waals surface area contributed by atoms with Crippen LogP contribution in [-0.4, -0.2) is 105 Å². The number of aliphatic imine (C=N–C) groups is 1. The normalized spacial score (nSPS) is 20.9. The van der Waals surface area contributed by atoms with E-state index in [1.807, 2.05) is 24.3 Å². The van der Waals surface area contributed by atoms with Crippen LogP contribution < -0.4 is 4.74 Å². The SMILES string of the molecule is COCCOc1ccc(C2CC(=O)C(C=NCCN3CCN(CCO)CC3)=C(O)C2)cc1. The second-order valence-corrected chi connectivity index (χ2v) is 8.24. The number of nitrogens with zero attached hydrogens (tertiary/aromatic N) is 3. The van der Waals surface area contributed by atoms with Crippen molar-refractivity contribution in [3.05, 3.63) is 41.2 Å². The summed E-state index contributed by atoms with van der Waals surface area (Å²) in [4.78, 5) is 21.6. The molecule has 1 aliphatic heterocycles. The number of ether oxygens (including phenoxy) is 2. The third kappa shape index (κ3) is 7.13. The summed E-state index contributed by atoms with van der Waals surface area (Å²) in [6.07, 6.45) is 2.34. The van der Waals surface area contributed by atoms with Gasteiger partial charge in [-0.3, -0.25) is 19.6 Å². The van der Waals surface area contributed by atoms with Gasteiger partial charge in [0.2, 0.25) is 0 Å². The zero-order valence-corrected chi connectivity index (χ0v) is 18.9. The van der Waals surface area contributed by atoms with Gasteiger partial charge in [-0.2, -0.15) is 0 Å². The van der Waals surface area contributed by atoms with Crippen molar-refractivity contribution >= 4 is 12.0 Å². The van der Waals surface area contributed by atoms with Crippen LogP contribution >= 0.6 is 0 Å². The number of carbonyl (C=O) groups is 1. The average molecular weight is 446 g/mol. The molecule has 0 saturated carbocycles. The lowest BCUT2D eigenvalue weighted by molar-refractivity contribution is -0.116. The third-order valence-corrected chi connectivity index (χ3v) is 6.04. The number of rotatable bonds is 11. The molecule has 1 unspecified atom stereocenters. The first-order valence-corrected chi connectivity index (χ1v) is 11.3. The van der Waals surface area contributed by atoms with Crippen molar-refractivity contribution in [2.75, 3.05) is 72.7 Å². The Kier molecular flexibility index (Phi) is 9.67. The molecule has 1 aliphatic carbocycles. The summed E-state index contributed by atoms with van der Waals surface area (Å²) in [5, 5.41) is 19.5. The first-order valence-electron chi connectivity index (χ1n) is 11.3. The molecule has 1 aromatic rings. The van der Waals surface area contributed by atoms with Gasteiger partial charge in [0.25, 0.3) is 0 Å². The van der Waals surface area contributed by atoms with E-state index >= 15 is 0 Å². The van der Waals surface area contributed by atoms with Crippen molar-refractivity contribution in [2.45, 2.75) is 18.8 Å². The number of hydrogen-bond acceptors (Lipinski definition) is 8.